The number of hydrogen-bond acceptors (Lipinski definition) is 4. The third kappa shape index (κ3) is 4.74. The zero-order valence-corrected chi connectivity index (χ0v) is 17.3. The van der Waals surface area contributed by atoms with Crippen molar-refractivity contribution in [1.82, 2.24) is 9.88 Å². The second-order valence-corrected chi connectivity index (χ2v) is 7.49. The summed E-state index contributed by atoms with van der Waals surface area (Å²) in [5, 5.41) is 11.2. The Labute approximate surface area is 172 Å². The quantitative estimate of drug-likeness (QED) is 0.348. The van der Waals surface area contributed by atoms with Gasteiger partial charge >= 0.3 is 0 Å². The first-order valence-electron chi connectivity index (χ1n) is 9.83. The summed E-state index contributed by atoms with van der Waals surface area (Å²) in [4.78, 5) is 10.6. The smallest absolute Gasteiger partial charge is 0.108 e. The summed E-state index contributed by atoms with van der Waals surface area (Å²) in [6.45, 7) is 8.33. The van der Waals surface area contributed by atoms with Crippen molar-refractivity contribution in [3.63, 3.8) is 0 Å². The molecule has 1 aromatic heterocycles. The minimum atomic E-state index is -0.345. The van der Waals surface area contributed by atoms with Crippen LogP contribution in [-0.2, 0) is 13.5 Å². The molecule has 2 N–H and O–H groups in total. The number of nitrogens with zero attached hydrogens (tertiary/aromatic N) is 2. The molecular formula is C24H28N4O. The minimum Gasteiger partial charge on any atom is -0.363 e. The van der Waals surface area contributed by atoms with Crippen LogP contribution in [0.1, 0.15) is 25.8 Å². The molecule has 0 radical (unpaired) electrons. The molecule has 5 nitrogen and oxygen atoms in total. The van der Waals surface area contributed by atoms with Gasteiger partial charge in [0.15, 0.2) is 0 Å². The molecule has 2 aromatic carbocycles. The standard InChI is InChI=1S/C24H28N4O/c1-5-9-23(25-19-12-14-20(27-29)15-13-19)26-24(3,6-2)16-18-17-28(4)22-11-8-7-10-21(18)22/h6-15,17,25-26H,2,5,16H2,1,3-4H3. The molecule has 0 spiro atoms. The minimum absolute atomic E-state index is 0.345. The van der Waals surface area contributed by atoms with Gasteiger partial charge in [0, 0.05) is 36.3 Å². The molecule has 1 atom stereocenters. The molecule has 0 fully saturated rings. The summed E-state index contributed by atoms with van der Waals surface area (Å²) >= 11 is 0. The fraction of sp³-hybridized carbons (Fsp3) is 0.250. The largest absolute Gasteiger partial charge is 0.363 e. The molecule has 3 aromatic rings. The highest BCUT2D eigenvalue weighted by Gasteiger charge is 2.23. The lowest BCUT2D eigenvalue weighted by Crippen LogP contribution is -2.43. The van der Waals surface area contributed by atoms with E-state index in [1.54, 1.807) is 12.1 Å². The number of para-hydroxylation sites is 1. The van der Waals surface area contributed by atoms with Crippen molar-refractivity contribution in [3.05, 3.63) is 89.8 Å². The Hall–Kier alpha value is -3.34. The predicted octanol–water partition coefficient (Wildman–Crippen LogP) is 6.02. The zero-order valence-electron chi connectivity index (χ0n) is 17.3. The fourth-order valence-electron chi connectivity index (χ4n) is 3.54. The van der Waals surface area contributed by atoms with Gasteiger partial charge in [-0.05, 0) is 60.5 Å². The van der Waals surface area contributed by atoms with E-state index in [9.17, 15) is 4.91 Å². The first-order chi connectivity index (χ1) is 14.0. The average molecular weight is 389 g/mol. The van der Waals surface area contributed by atoms with Crippen LogP contribution < -0.4 is 10.6 Å². The lowest BCUT2D eigenvalue weighted by molar-refractivity contribution is 0.482. The number of nitrogens with one attached hydrogen (secondary N) is 2. The maximum Gasteiger partial charge on any atom is 0.108 e. The molecule has 3 rings (SSSR count). The van der Waals surface area contributed by atoms with Crippen LogP contribution in [0.4, 0.5) is 11.4 Å². The highest BCUT2D eigenvalue weighted by atomic mass is 16.3. The van der Waals surface area contributed by atoms with E-state index in [-0.39, 0.29) is 5.54 Å². The van der Waals surface area contributed by atoms with Crippen molar-refractivity contribution in [2.75, 3.05) is 5.32 Å². The Morgan fingerprint density at radius 3 is 2.59 bits per heavy atom. The summed E-state index contributed by atoms with van der Waals surface area (Å²) in [5.74, 6) is 0.905. The molecular weight excluding hydrogens is 360 g/mol. The number of rotatable bonds is 9. The number of aromatic nitrogens is 1. The van der Waals surface area contributed by atoms with E-state index < -0.39 is 0 Å². The molecule has 0 aliphatic heterocycles. The molecule has 1 unspecified atom stereocenters. The van der Waals surface area contributed by atoms with Crippen LogP contribution in [0, 0.1) is 4.91 Å². The third-order valence-electron chi connectivity index (χ3n) is 5.07. The van der Waals surface area contributed by atoms with Crippen LogP contribution in [0.2, 0.25) is 0 Å². The van der Waals surface area contributed by atoms with Crippen LogP contribution in [0.15, 0.2) is 84.5 Å². The molecule has 0 aliphatic rings. The number of fused-ring (bicyclic) bond motifs is 1. The van der Waals surface area contributed by atoms with E-state index in [1.807, 2.05) is 18.2 Å². The summed E-state index contributed by atoms with van der Waals surface area (Å²) in [7, 11) is 2.08. The van der Waals surface area contributed by atoms with Gasteiger partial charge < -0.3 is 15.2 Å². The average Bonchev–Trinajstić information content (AvgIpc) is 3.04. The summed E-state index contributed by atoms with van der Waals surface area (Å²) in [6.07, 6.45) is 7.94. The monoisotopic (exact) mass is 388 g/mol. The Morgan fingerprint density at radius 2 is 1.93 bits per heavy atom. The number of anilines is 1. The topological polar surface area (TPSA) is 58.4 Å². The van der Waals surface area contributed by atoms with Gasteiger partial charge in [-0.3, -0.25) is 0 Å². The van der Waals surface area contributed by atoms with Crippen molar-refractivity contribution in [2.45, 2.75) is 32.2 Å². The van der Waals surface area contributed by atoms with Crippen molar-refractivity contribution in [1.29, 1.82) is 0 Å². The Morgan fingerprint density at radius 1 is 1.21 bits per heavy atom. The Bertz CT molecular complexity index is 1030. The molecule has 5 heteroatoms. The highest BCUT2D eigenvalue weighted by molar-refractivity contribution is 5.84. The molecule has 1 heterocycles. The molecule has 0 amide bonds. The van der Waals surface area contributed by atoms with Gasteiger partial charge in [-0.25, -0.2) is 0 Å². The zero-order chi connectivity index (χ0) is 20.9. The number of aryl methyl sites for hydroxylation is 1. The van der Waals surface area contributed by atoms with Gasteiger partial charge in [0.05, 0.1) is 11.4 Å². The molecule has 150 valence electrons. The van der Waals surface area contributed by atoms with Crippen LogP contribution in [0.25, 0.3) is 10.9 Å². The van der Waals surface area contributed by atoms with Crippen LogP contribution in [0.3, 0.4) is 0 Å². The SMILES string of the molecule is C=CC(C)(Cc1cn(C)c2ccccc12)NC(=CCC)Nc1ccc(N=O)cc1. The second-order valence-electron chi connectivity index (χ2n) is 7.49. The normalized spacial score (nSPS) is 13.7. The van der Waals surface area contributed by atoms with E-state index in [4.69, 9.17) is 0 Å². The first-order valence-corrected chi connectivity index (χ1v) is 9.83. The molecule has 0 saturated heterocycles. The van der Waals surface area contributed by atoms with Crippen molar-refractivity contribution < 1.29 is 0 Å². The number of hydrogen-bond donors (Lipinski definition) is 2. The first kappa shape index (κ1) is 20.4. The lowest BCUT2D eigenvalue weighted by Gasteiger charge is -2.30. The number of nitroso groups, excluding NO2 is 1. The van der Waals surface area contributed by atoms with Gasteiger partial charge in [-0.1, -0.05) is 31.2 Å². The number of benzene rings is 2. The van der Waals surface area contributed by atoms with E-state index in [0.29, 0.717) is 5.69 Å². The maximum atomic E-state index is 10.6. The lowest BCUT2D eigenvalue weighted by atomic mass is 9.92. The molecule has 29 heavy (non-hydrogen) atoms. The van der Waals surface area contributed by atoms with E-state index in [0.717, 1.165) is 24.4 Å². The van der Waals surface area contributed by atoms with Gasteiger partial charge in [0.1, 0.15) is 5.69 Å². The summed E-state index contributed by atoms with van der Waals surface area (Å²) < 4.78 is 2.16. The van der Waals surface area contributed by atoms with Gasteiger partial charge in [0.25, 0.3) is 0 Å². The summed E-state index contributed by atoms with van der Waals surface area (Å²) in [5.41, 5.74) is 3.45. The maximum absolute atomic E-state index is 10.6. The van der Waals surface area contributed by atoms with Crippen LogP contribution >= 0.6 is 0 Å². The molecule has 0 aliphatic carbocycles. The highest BCUT2D eigenvalue weighted by Crippen LogP contribution is 2.26. The Kier molecular flexibility index (Phi) is 6.17. The van der Waals surface area contributed by atoms with Crippen LogP contribution in [-0.4, -0.2) is 10.1 Å². The van der Waals surface area contributed by atoms with Gasteiger partial charge in [-0.2, -0.15) is 0 Å². The molecule has 0 saturated carbocycles. The molecule has 0 bridgehead atoms. The summed E-state index contributed by atoms with van der Waals surface area (Å²) in [6, 6.07) is 15.5. The van der Waals surface area contributed by atoms with Crippen molar-refractivity contribution in [2.24, 2.45) is 12.2 Å². The van der Waals surface area contributed by atoms with Crippen LogP contribution in [0.5, 0.6) is 0 Å². The number of allylic oxidation sites excluding steroid dienone is 1. The van der Waals surface area contributed by atoms with E-state index in [2.05, 4.69) is 84.4 Å². The second kappa shape index (κ2) is 8.78. The van der Waals surface area contributed by atoms with E-state index >= 15 is 0 Å². The van der Waals surface area contributed by atoms with Crippen molar-refractivity contribution in [3.8, 4) is 0 Å². The van der Waals surface area contributed by atoms with E-state index in [1.165, 1.54) is 16.5 Å². The Balaban J connectivity index is 1.82. The van der Waals surface area contributed by atoms with Gasteiger partial charge in [-0.15, -0.1) is 11.5 Å². The fourth-order valence-corrected chi connectivity index (χ4v) is 3.54. The van der Waals surface area contributed by atoms with Crippen molar-refractivity contribution >= 4 is 22.3 Å². The third-order valence-corrected chi connectivity index (χ3v) is 5.07. The predicted molar refractivity (Wildman–Crippen MR) is 122 cm³/mol. The van der Waals surface area contributed by atoms with Gasteiger partial charge in [0.2, 0.25) is 0 Å².